The van der Waals surface area contributed by atoms with Gasteiger partial charge in [0.1, 0.15) is 22.7 Å². The van der Waals surface area contributed by atoms with E-state index in [2.05, 4.69) is 5.32 Å². The van der Waals surface area contributed by atoms with Crippen molar-refractivity contribution in [1.29, 1.82) is 0 Å². The summed E-state index contributed by atoms with van der Waals surface area (Å²) in [5.41, 5.74) is 1.02. The number of nitrogens with one attached hydrogen (secondary N) is 1. The fraction of sp³-hybridized carbons (Fsp3) is 0.444. The summed E-state index contributed by atoms with van der Waals surface area (Å²) in [7, 11) is 0. The van der Waals surface area contributed by atoms with Gasteiger partial charge >= 0.3 is 6.09 Å². The van der Waals surface area contributed by atoms with E-state index in [1.165, 1.54) is 23.1 Å². The molecule has 0 saturated heterocycles. The number of nitrogens with zero attached hydrogens (tertiary/aromatic N) is 3. The third-order valence-electron chi connectivity index (χ3n) is 6.35. The number of furan rings is 1. The van der Waals surface area contributed by atoms with Gasteiger partial charge in [0.2, 0.25) is 5.58 Å². The monoisotopic (exact) mass is 528 g/mol. The van der Waals surface area contributed by atoms with E-state index in [1.807, 2.05) is 53.0 Å². The maximum atomic E-state index is 14.1. The van der Waals surface area contributed by atoms with Crippen molar-refractivity contribution in [3.8, 4) is 0 Å². The van der Waals surface area contributed by atoms with E-state index in [1.54, 1.807) is 15.9 Å². The van der Waals surface area contributed by atoms with Crippen LogP contribution in [0.25, 0.3) is 22.1 Å². The molecule has 198 valence electrons. The highest BCUT2D eigenvalue weighted by molar-refractivity contribution is 7.10. The number of aromatic nitrogens is 2. The molecular weight excluding hydrogens is 495 g/mol. The van der Waals surface area contributed by atoms with E-state index in [-0.39, 0.29) is 29.6 Å². The summed E-state index contributed by atoms with van der Waals surface area (Å²) in [4.78, 5) is 32.8. The highest BCUT2D eigenvalue weighted by atomic mass is 32.1. The zero-order valence-electron chi connectivity index (χ0n) is 22.0. The lowest BCUT2D eigenvalue weighted by atomic mass is 10.0. The second kappa shape index (κ2) is 10.3. The number of amides is 1. The average molecular weight is 529 g/mol. The van der Waals surface area contributed by atoms with Crippen LogP contribution in [0.4, 0.5) is 9.18 Å². The number of halogens is 1. The van der Waals surface area contributed by atoms with Crippen LogP contribution in [0, 0.1) is 18.7 Å². The molecule has 1 aromatic carbocycles. The van der Waals surface area contributed by atoms with Gasteiger partial charge in [-0.25, -0.2) is 14.2 Å². The highest BCUT2D eigenvalue weighted by Crippen LogP contribution is 2.29. The summed E-state index contributed by atoms with van der Waals surface area (Å²) >= 11 is 1.56. The Morgan fingerprint density at radius 1 is 1.30 bits per heavy atom. The average Bonchev–Trinajstić information content (AvgIpc) is 3.37. The number of fused-ring (bicyclic) bond motifs is 3. The van der Waals surface area contributed by atoms with E-state index >= 15 is 0 Å². The van der Waals surface area contributed by atoms with Gasteiger partial charge in [-0.3, -0.25) is 9.36 Å². The third kappa shape index (κ3) is 5.55. The number of thiophene rings is 1. The molecule has 1 unspecified atom stereocenters. The molecule has 0 aliphatic rings. The third-order valence-corrected chi connectivity index (χ3v) is 7.39. The van der Waals surface area contributed by atoms with Crippen molar-refractivity contribution < 1.29 is 18.7 Å². The first-order valence-corrected chi connectivity index (χ1v) is 13.1. The van der Waals surface area contributed by atoms with Crippen LogP contribution in [0.1, 0.15) is 56.9 Å². The predicted octanol–water partition coefficient (Wildman–Crippen LogP) is 5.77. The molecule has 0 bridgehead atoms. The molecular formula is C27H33FN4O4S. The molecule has 1 amide bonds. The van der Waals surface area contributed by atoms with Crippen LogP contribution in [0.15, 0.2) is 38.9 Å². The summed E-state index contributed by atoms with van der Waals surface area (Å²) in [6.45, 7) is 12.5. The fourth-order valence-corrected chi connectivity index (χ4v) is 5.37. The second-order valence-corrected chi connectivity index (χ2v) is 11.6. The minimum atomic E-state index is -0.994. The molecule has 3 aromatic heterocycles. The van der Waals surface area contributed by atoms with Crippen LogP contribution >= 0.6 is 11.3 Å². The Morgan fingerprint density at radius 3 is 2.62 bits per heavy atom. The zero-order chi connectivity index (χ0) is 27.1. The van der Waals surface area contributed by atoms with E-state index in [0.29, 0.717) is 35.4 Å². The maximum absolute atomic E-state index is 14.1. The minimum Gasteiger partial charge on any atom is -0.465 e. The van der Waals surface area contributed by atoms with Gasteiger partial charge in [0.05, 0.1) is 12.6 Å². The molecule has 2 N–H and O–H groups in total. The fourth-order valence-electron chi connectivity index (χ4n) is 4.51. The topological polar surface area (TPSA) is 101 Å². The summed E-state index contributed by atoms with van der Waals surface area (Å²) in [5.74, 6) is 0.0814. The first-order valence-electron chi connectivity index (χ1n) is 12.3. The molecule has 3 heterocycles. The number of benzene rings is 1. The van der Waals surface area contributed by atoms with Crippen molar-refractivity contribution >= 4 is 39.5 Å². The Labute approximate surface area is 218 Å². The standard InChI is InChI=1S/C27H33FN4O4S/c1-15(2)21(29-9-10-32(26(34)35)27(4,5)6)24-30-22-19-12-17(28)7-8-20(19)36-23(22)25(33)31(24)13-18-11-16(3)14-37-18/h7-8,11-12,14-15,21,29H,9-10,13H2,1-6H3,(H,34,35). The largest absolute Gasteiger partial charge is 0.465 e. The summed E-state index contributed by atoms with van der Waals surface area (Å²) < 4.78 is 21.5. The number of rotatable bonds is 8. The zero-order valence-corrected chi connectivity index (χ0v) is 22.8. The molecule has 0 aliphatic heterocycles. The van der Waals surface area contributed by atoms with Crippen molar-refractivity contribution in [3.63, 3.8) is 0 Å². The summed E-state index contributed by atoms with van der Waals surface area (Å²) in [6, 6.07) is 5.79. The minimum absolute atomic E-state index is 0.0171. The number of hydrogen-bond acceptors (Lipinski definition) is 6. The normalized spacial score (nSPS) is 13.1. The van der Waals surface area contributed by atoms with Gasteiger partial charge in [-0.2, -0.15) is 0 Å². The molecule has 4 aromatic rings. The number of carbonyl (C=O) groups is 1. The second-order valence-electron chi connectivity index (χ2n) is 10.7. The first-order chi connectivity index (χ1) is 17.4. The molecule has 0 radical (unpaired) electrons. The van der Waals surface area contributed by atoms with Crippen LogP contribution in [0.5, 0.6) is 0 Å². The van der Waals surface area contributed by atoms with Crippen molar-refractivity contribution in [2.45, 2.75) is 59.7 Å². The van der Waals surface area contributed by atoms with Crippen LogP contribution in [-0.2, 0) is 6.54 Å². The van der Waals surface area contributed by atoms with E-state index in [9.17, 15) is 19.1 Å². The van der Waals surface area contributed by atoms with Gasteiger partial charge in [0.25, 0.3) is 5.56 Å². The lowest BCUT2D eigenvalue weighted by molar-refractivity contribution is 0.0997. The lowest BCUT2D eigenvalue weighted by Gasteiger charge is -2.34. The SMILES string of the molecule is Cc1csc(Cn2c(C(NCCN(C(=O)O)C(C)(C)C)C(C)C)nc3c(oc4ccc(F)cc43)c2=O)c1. The van der Waals surface area contributed by atoms with Gasteiger partial charge in [-0.05, 0) is 68.8 Å². The highest BCUT2D eigenvalue weighted by Gasteiger charge is 2.28. The van der Waals surface area contributed by atoms with E-state index in [4.69, 9.17) is 9.40 Å². The molecule has 0 fully saturated rings. The smallest absolute Gasteiger partial charge is 0.407 e. The molecule has 0 saturated carbocycles. The maximum Gasteiger partial charge on any atom is 0.407 e. The summed E-state index contributed by atoms with van der Waals surface area (Å²) in [6.07, 6.45) is -0.994. The van der Waals surface area contributed by atoms with Crippen LogP contribution in [0.3, 0.4) is 0 Å². The first kappa shape index (κ1) is 26.8. The Bertz CT molecular complexity index is 1500. The van der Waals surface area contributed by atoms with Gasteiger partial charge in [-0.15, -0.1) is 11.3 Å². The number of hydrogen-bond donors (Lipinski definition) is 2. The molecule has 0 aliphatic carbocycles. The van der Waals surface area contributed by atoms with Crippen LogP contribution in [0.2, 0.25) is 0 Å². The quantitative estimate of drug-likeness (QED) is 0.301. The molecule has 1 atom stereocenters. The lowest BCUT2D eigenvalue weighted by Crippen LogP contribution is -2.48. The predicted molar refractivity (Wildman–Crippen MR) is 144 cm³/mol. The van der Waals surface area contributed by atoms with Gasteiger partial charge in [0, 0.05) is 28.9 Å². The number of carboxylic acid groups (broad SMARTS) is 1. The molecule has 37 heavy (non-hydrogen) atoms. The Morgan fingerprint density at radius 2 is 2.03 bits per heavy atom. The van der Waals surface area contributed by atoms with Crippen molar-refractivity contribution in [3.05, 3.63) is 62.1 Å². The summed E-state index contributed by atoms with van der Waals surface area (Å²) in [5, 5.41) is 15.6. The van der Waals surface area contributed by atoms with Crippen LogP contribution < -0.4 is 10.9 Å². The molecule has 10 heteroatoms. The van der Waals surface area contributed by atoms with Crippen LogP contribution in [-0.4, -0.2) is 44.3 Å². The molecule has 8 nitrogen and oxygen atoms in total. The Hall–Kier alpha value is -3.24. The Balaban J connectivity index is 1.81. The molecule has 0 spiro atoms. The number of aryl methyl sites for hydroxylation is 1. The van der Waals surface area contributed by atoms with Crippen molar-refractivity contribution in [1.82, 2.24) is 19.8 Å². The van der Waals surface area contributed by atoms with Gasteiger partial charge < -0.3 is 19.7 Å². The van der Waals surface area contributed by atoms with Crippen molar-refractivity contribution in [2.75, 3.05) is 13.1 Å². The van der Waals surface area contributed by atoms with E-state index in [0.717, 1.165) is 10.4 Å². The van der Waals surface area contributed by atoms with Crippen molar-refractivity contribution in [2.24, 2.45) is 5.92 Å². The molecule has 4 rings (SSSR count). The van der Waals surface area contributed by atoms with Gasteiger partial charge in [0.15, 0.2) is 0 Å². The van der Waals surface area contributed by atoms with Gasteiger partial charge in [-0.1, -0.05) is 13.8 Å². The Kier molecular flexibility index (Phi) is 7.43. The van der Waals surface area contributed by atoms with E-state index < -0.39 is 17.4 Å².